The number of nitrogens with zero attached hydrogens (tertiary/aromatic N) is 5. The van der Waals surface area contributed by atoms with Crippen molar-refractivity contribution in [2.24, 2.45) is 5.73 Å². The first-order valence-corrected chi connectivity index (χ1v) is 16.3. The zero-order valence-corrected chi connectivity index (χ0v) is 28.0. The number of benzene rings is 3. The average molecular weight is 697 g/mol. The van der Waals surface area contributed by atoms with Crippen LogP contribution in [-0.2, 0) is 13.1 Å². The zero-order chi connectivity index (χ0) is 36.7. The maximum absolute atomic E-state index is 14.0. The number of aromatic nitrogens is 4. The molecular formula is C40H30F2N6O4. The molecule has 7 aromatic rings. The molecule has 0 unspecified atom stereocenters. The number of amides is 2. The summed E-state index contributed by atoms with van der Waals surface area (Å²) in [6.45, 7) is 3.52. The molecule has 10 nitrogen and oxygen atoms in total. The molecule has 12 heteroatoms. The Morgan fingerprint density at radius 1 is 0.577 bits per heavy atom. The van der Waals surface area contributed by atoms with Gasteiger partial charge in [-0.25, -0.2) is 18.7 Å². The fourth-order valence-corrected chi connectivity index (χ4v) is 6.43. The first-order valence-electron chi connectivity index (χ1n) is 16.3. The maximum Gasteiger partial charge on any atom is 0.266 e. The van der Waals surface area contributed by atoms with Gasteiger partial charge in [0, 0.05) is 17.9 Å². The molecule has 8 rings (SSSR count). The van der Waals surface area contributed by atoms with Crippen molar-refractivity contribution in [2.75, 3.05) is 0 Å². The van der Waals surface area contributed by atoms with E-state index in [9.17, 15) is 28.0 Å². The second-order valence-electron chi connectivity index (χ2n) is 12.2. The summed E-state index contributed by atoms with van der Waals surface area (Å²) in [5, 5.41) is 0. The van der Waals surface area contributed by atoms with Gasteiger partial charge >= 0.3 is 0 Å². The molecule has 258 valence electrons. The molecule has 1 aliphatic rings. The molecule has 0 atom stereocenters. The van der Waals surface area contributed by atoms with Gasteiger partial charge in [0.1, 0.15) is 22.9 Å². The highest BCUT2D eigenvalue weighted by Crippen LogP contribution is 2.28. The van der Waals surface area contributed by atoms with E-state index in [0.717, 1.165) is 10.6 Å². The first-order chi connectivity index (χ1) is 25.1. The lowest BCUT2D eigenvalue weighted by Crippen LogP contribution is -2.31. The molecule has 5 heterocycles. The fourth-order valence-electron chi connectivity index (χ4n) is 6.43. The smallest absolute Gasteiger partial charge is 0.266 e. The third-order valence-corrected chi connectivity index (χ3v) is 8.85. The average Bonchev–Trinajstić information content (AvgIpc) is 3.36. The molecule has 0 radical (unpaired) electrons. The predicted molar refractivity (Wildman–Crippen MR) is 192 cm³/mol. The highest BCUT2D eigenvalue weighted by molar-refractivity contribution is 6.21. The van der Waals surface area contributed by atoms with Gasteiger partial charge in [0.25, 0.3) is 22.9 Å². The Morgan fingerprint density at radius 3 is 1.48 bits per heavy atom. The summed E-state index contributed by atoms with van der Waals surface area (Å²) >= 11 is 0. The number of imide groups is 1. The van der Waals surface area contributed by atoms with Gasteiger partial charge < -0.3 is 5.73 Å². The van der Waals surface area contributed by atoms with Gasteiger partial charge in [-0.15, -0.1) is 0 Å². The molecule has 1 aliphatic heterocycles. The van der Waals surface area contributed by atoms with E-state index in [-0.39, 0.29) is 35.5 Å². The monoisotopic (exact) mass is 696 g/mol. The van der Waals surface area contributed by atoms with Crippen molar-refractivity contribution < 1.29 is 18.4 Å². The minimum atomic E-state index is -0.501. The maximum atomic E-state index is 14.0. The molecule has 0 fully saturated rings. The number of nitrogens with two attached hydrogens (primary N) is 1. The van der Waals surface area contributed by atoms with Crippen LogP contribution in [0.15, 0.2) is 119 Å². The predicted octanol–water partition coefficient (Wildman–Crippen LogP) is 5.87. The van der Waals surface area contributed by atoms with E-state index >= 15 is 0 Å². The summed E-state index contributed by atoms with van der Waals surface area (Å²) in [5.41, 5.74) is 10.1. The quantitative estimate of drug-likeness (QED) is 0.223. The molecular weight excluding hydrogens is 666 g/mol. The van der Waals surface area contributed by atoms with Crippen LogP contribution in [0.3, 0.4) is 0 Å². The van der Waals surface area contributed by atoms with Crippen LogP contribution in [0.5, 0.6) is 0 Å². The van der Waals surface area contributed by atoms with E-state index < -0.39 is 23.4 Å². The second-order valence-corrected chi connectivity index (χ2v) is 12.2. The summed E-state index contributed by atoms with van der Waals surface area (Å²) in [7, 11) is 0. The van der Waals surface area contributed by atoms with Crippen molar-refractivity contribution >= 4 is 23.1 Å². The van der Waals surface area contributed by atoms with Gasteiger partial charge in [0.2, 0.25) is 0 Å². The van der Waals surface area contributed by atoms with Gasteiger partial charge in [-0.05, 0) is 85.6 Å². The summed E-state index contributed by atoms with van der Waals surface area (Å²) in [4.78, 5) is 62.0. The Balaban J connectivity index is 0.000000175. The van der Waals surface area contributed by atoms with Crippen LogP contribution in [0.2, 0.25) is 0 Å². The highest BCUT2D eigenvalue weighted by atomic mass is 19.1. The number of rotatable bonds is 5. The molecule has 52 heavy (non-hydrogen) atoms. The fraction of sp³-hybridized carbons (Fsp3) is 0.100. The number of fused-ring (bicyclic) bond motifs is 3. The van der Waals surface area contributed by atoms with E-state index in [1.807, 2.05) is 19.1 Å². The lowest BCUT2D eigenvalue weighted by molar-refractivity contribution is 0.0640. The summed E-state index contributed by atoms with van der Waals surface area (Å²) in [6.07, 6.45) is 0. The molecule has 0 saturated heterocycles. The Bertz CT molecular complexity index is 2670. The van der Waals surface area contributed by atoms with Crippen molar-refractivity contribution in [3.8, 4) is 22.3 Å². The van der Waals surface area contributed by atoms with E-state index in [4.69, 9.17) is 5.73 Å². The third-order valence-electron chi connectivity index (χ3n) is 8.85. The van der Waals surface area contributed by atoms with Crippen LogP contribution in [0, 0.1) is 25.5 Å². The Kier molecular flexibility index (Phi) is 8.83. The minimum Gasteiger partial charge on any atom is -0.325 e. The number of pyridine rings is 2. The van der Waals surface area contributed by atoms with Gasteiger partial charge in [0.15, 0.2) is 0 Å². The molecule has 0 aliphatic carbocycles. The van der Waals surface area contributed by atoms with Crippen molar-refractivity contribution in [3.05, 3.63) is 175 Å². The van der Waals surface area contributed by atoms with Crippen molar-refractivity contribution in [3.63, 3.8) is 0 Å². The first kappa shape index (κ1) is 33.8. The van der Waals surface area contributed by atoms with Gasteiger partial charge in [-0.3, -0.25) is 32.9 Å². The minimum absolute atomic E-state index is 0.117. The number of hydrogen-bond acceptors (Lipinski definition) is 7. The Hall–Kier alpha value is -6.66. The van der Waals surface area contributed by atoms with E-state index in [2.05, 4.69) is 9.97 Å². The van der Waals surface area contributed by atoms with Crippen LogP contribution in [0.1, 0.15) is 43.5 Å². The molecule has 0 saturated carbocycles. The molecule has 0 spiro atoms. The standard InChI is InChI=1S/C24H16FN3O3.C16H14FN3O/c1-14-6-4-11-20-26-19(13-27-22(29)17-9-2-3-10-18(17)23(27)30)21(24(31)28(14)20)15-7-5-8-16(25)12-15;1-10-4-2-7-14-19-13(9-18)15(16(21)20(10)14)11-5-3-6-12(17)8-11/h2-12H,13H2,1H3;2-8H,9,18H2,1H3. The molecule has 2 N–H and O–H groups in total. The molecule has 0 bridgehead atoms. The van der Waals surface area contributed by atoms with Crippen LogP contribution in [-0.4, -0.2) is 35.5 Å². The number of carbonyl (C=O) groups excluding carboxylic acids is 2. The Morgan fingerprint density at radius 2 is 1.02 bits per heavy atom. The van der Waals surface area contributed by atoms with Crippen LogP contribution in [0.4, 0.5) is 8.78 Å². The van der Waals surface area contributed by atoms with E-state index in [1.54, 1.807) is 73.7 Å². The van der Waals surface area contributed by atoms with Crippen LogP contribution < -0.4 is 16.9 Å². The van der Waals surface area contributed by atoms with Gasteiger partial charge in [-0.1, -0.05) is 48.5 Å². The molecule has 2 amide bonds. The topological polar surface area (TPSA) is 132 Å². The molecule has 4 aromatic heterocycles. The Labute approximate surface area is 295 Å². The van der Waals surface area contributed by atoms with Crippen LogP contribution >= 0.6 is 0 Å². The van der Waals surface area contributed by atoms with Crippen molar-refractivity contribution in [1.29, 1.82) is 0 Å². The van der Waals surface area contributed by atoms with Gasteiger partial charge in [0.05, 0.1) is 40.2 Å². The number of hydrogen-bond donors (Lipinski definition) is 1. The number of carbonyl (C=O) groups is 2. The number of aryl methyl sites for hydroxylation is 2. The lowest BCUT2D eigenvalue weighted by atomic mass is 10.0. The van der Waals surface area contributed by atoms with Crippen molar-refractivity contribution in [1.82, 2.24) is 23.7 Å². The largest absolute Gasteiger partial charge is 0.325 e. The second kappa shape index (κ2) is 13.6. The highest BCUT2D eigenvalue weighted by Gasteiger charge is 2.36. The summed E-state index contributed by atoms with van der Waals surface area (Å²) in [6, 6.07) is 28.7. The number of halogens is 2. The summed E-state index contributed by atoms with van der Waals surface area (Å²) < 4.78 is 30.4. The summed E-state index contributed by atoms with van der Waals surface area (Å²) in [5.74, 6) is -1.79. The zero-order valence-electron chi connectivity index (χ0n) is 28.0. The third kappa shape index (κ3) is 5.94. The lowest BCUT2D eigenvalue weighted by Gasteiger charge is -2.17. The van der Waals surface area contributed by atoms with E-state index in [0.29, 0.717) is 50.5 Å². The van der Waals surface area contributed by atoms with E-state index in [1.165, 1.54) is 39.1 Å². The normalized spacial score (nSPS) is 12.3. The SMILES string of the molecule is Cc1cccc2nc(CN)c(-c3cccc(F)c3)c(=O)n12.Cc1cccc2nc(CN3C(=O)c4ccccc4C3=O)c(-c3cccc(F)c3)c(=O)n12. The van der Waals surface area contributed by atoms with Gasteiger partial charge in [-0.2, -0.15) is 0 Å². The van der Waals surface area contributed by atoms with Crippen LogP contribution in [0.25, 0.3) is 33.5 Å². The van der Waals surface area contributed by atoms with Crippen molar-refractivity contribution in [2.45, 2.75) is 26.9 Å². The molecule has 3 aromatic carbocycles.